The normalized spacial score (nSPS) is 13.4. The second-order valence-corrected chi connectivity index (χ2v) is 9.76. The standard InChI is InChI=1S/C27H56N2O3/c1-4-6-7-8-9-10-11-12-13-14-15-16-17-18-19-20-21-22-23-24-27(30)28-26(5-2)25(3)29(31)32/h25-26,31-32H,4-24H2,1-3H3,(H,28,30). The molecule has 2 atom stereocenters. The molecule has 0 aliphatic carbocycles. The Morgan fingerprint density at radius 2 is 1.00 bits per heavy atom. The fourth-order valence-corrected chi connectivity index (χ4v) is 4.37. The second-order valence-electron chi connectivity index (χ2n) is 9.76. The molecule has 0 fully saturated rings. The van der Waals surface area contributed by atoms with E-state index < -0.39 is 6.04 Å². The molecule has 5 heteroatoms. The van der Waals surface area contributed by atoms with Gasteiger partial charge in [-0.25, -0.2) is 0 Å². The van der Waals surface area contributed by atoms with Crippen molar-refractivity contribution < 1.29 is 15.2 Å². The molecule has 3 N–H and O–H groups in total. The van der Waals surface area contributed by atoms with Gasteiger partial charge in [0, 0.05) is 12.5 Å². The molecule has 0 aromatic rings. The van der Waals surface area contributed by atoms with Crippen LogP contribution in [0.1, 0.15) is 156 Å². The number of hydroxylamine groups is 2. The topological polar surface area (TPSA) is 72.8 Å². The predicted octanol–water partition coefficient (Wildman–Crippen LogP) is 8.17. The Kier molecular flexibility index (Phi) is 23.0. The number of unbranched alkanes of at least 4 members (excludes halogenated alkanes) is 18. The zero-order valence-corrected chi connectivity index (χ0v) is 21.8. The fourth-order valence-electron chi connectivity index (χ4n) is 4.37. The van der Waals surface area contributed by atoms with Crippen molar-refractivity contribution in [3.05, 3.63) is 0 Å². The summed E-state index contributed by atoms with van der Waals surface area (Å²) in [7, 11) is 0. The molecule has 0 bridgehead atoms. The molecule has 0 spiro atoms. The predicted molar refractivity (Wildman–Crippen MR) is 135 cm³/mol. The lowest BCUT2D eigenvalue weighted by atomic mass is 10.0. The number of rotatable bonds is 24. The third-order valence-corrected chi connectivity index (χ3v) is 6.74. The molecular formula is C27H56N2O3. The number of carbonyl (C=O) groups is 1. The van der Waals surface area contributed by atoms with E-state index in [-0.39, 0.29) is 17.2 Å². The lowest BCUT2D eigenvalue weighted by molar-refractivity contribution is -0.332. The molecule has 0 saturated carbocycles. The number of nitrogens with zero attached hydrogens (tertiary/aromatic N) is 1. The van der Waals surface area contributed by atoms with Gasteiger partial charge in [0.15, 0.2) is 0 Å². The molecule has 0 rings (SSSR count). The summed E-state index contributed by atoms with van der Waals surface area (Å²) in [6.07, 6.45) is 26.8. The Labute approximate surface area is 199 Å². The van der Waals surface area contributed by atoms with E-state index in [9.17, 15) is 4.79 Å². The SMILES string of the molecule is CCCCCCCCCCCCCCCCCCCCCC(=O)NC(CC)C(C)N(O)O. The van der Waals surface area contributed by atoms with Crippen molar-refractivity contribution in [3.63, 3.8) is 0 Å². The largest absolute Gasteiger partial charge is 0.352 e. The van der Waals surface area contributed by atoms with Gasteiger partial charge in [0.25, 0.3) is 0 Å². The summed E-state index contributed by atoms with van der Waals surface area (Å²) in [5.41, 5.74) is 0. The van der Waals surface area contributed by atoms with E-state index in [0.29, 0.717) is 12.8 Å². The molecule has 192 valence electrons. The molecule has 2 unspecified atom stereocenters. The number of carbonyl (C=O) groups excluding carboxylic acids is 1. The van der Waals surface area contributed by atoms with Gasteiger partial charge in [0.05, 0.1) is 6.04 Å². The van der Waals surface area contributed by atoms with Gasteiger partial charge >= 0.3 is 0 Å². The van der Waals surface area contributed by atoms with Crippen molar-refractivity contribution >= 4 is 5.91 Å². The Bertz CT molecular complexity index is 404. The van der Waals surface area contributed by atoms with Crippen LogP contribution in [0.4, 0.5) is 0 Å². The molecule has 0 aliphatic rings. The lowest BCUT2D eigenvalue weighted by Crippen LogP contribution is -2.47. The van der Waals surface area contributed by atoms with Crippen molar-refractivity contribution in [1.29, 1.82) is 0 Å². The van der Waals surface area contributed by atoms with E-state index in [4.69, 9.17) is 10.4 Å². The Hall–Kier alpha value is -0.650. The van der Waals surface area contributed by atoms with Gasteiger partial charge in [-0.05, 0) is 19.8 Å². The van der Waals surface area contributed by atoms with Crippen LogP contribution in [0.25, 0.3) is 0 Å². The lowest BCUT2D eigenvalue weighted by Gasteiger charge is -2.26. The van der Waals surface area contributed by atoms with Crippen molar-refractivity contribution in [3.8, 4) is 0 Å². The van der Waals surface area contributed by atoms with Gasteiger partial charge in [0.1, 0.15) is 0 Å². The van der Waals surface area contributed by atoms with E-state index in [2.05, 4.69) is 12.2 Å². The summed E-state index contributed by atoms with van der Waals surface area (Å²) in [5.74, 6) is 0.0116. The van der Waals surface area contributed by atoms with E-state index in [0.717, 1.165) is 12.8 Å². The Morgan fingerprint density at radius 1 is 0.656 bits per heavy atom. The summed E-state index contributed by atoms with van der Waals surface area (Å²) < 4.78 is 0. The highest BCUT2D eigenvalue weighted by molar-refractivity contribution is 5.76. The monoisotopic (exact) mass is 456 g/mol. The minimum absolute atomic E-state index is 0.0116. The first-order chi connectivity index (χ1) is 15.5. The van der Waals surface area contributed by atoms with E-state index in [1.54, 1.807) is 6.92 Å². The fraction of sp³-hybridized carbons (Fsp3) is 0.963. The molecule has 1 amide bonds. The zero-order chi connectivity index (χ0) is 23.9. The second kappa shape index (κ2) is 23.5. The maximum Gasteiger partial charge on any atom is 0.220 e. The maximum absolute atomic E-state index is 12.0. The molecule has 0 aromatic heterocycles. The van der Waals surface area contributed by atoms with Gasteiger partial charge < -0.3 is 5.32 Å². The van der Waals surface area contributed by atoms with Gasteiger partial charge in [-0.15, -0.1) is 0 Å². The zero-order valence-electron chi connectivity index (χ0n) is 21.8. The van der Waals surface area contributed by atoms with Gasteiger partial charge in [-0.3, -0.25) is 15.2 Å². The van der Waals surface area contributed by atoms with Crippen LogP contribution in [0, 0.1) is 0 Å². The highest BCUT2D eigenvalue weighted by Gasteiger charge is 2.21. The van der Waals surface area contributed by atoms with Crippen molar-refractivity contribution in [2.24, 2.45) is 0 Å². The quantitative estimate of drug-likeness (QED) is 0.101. The minimum atomic E-state index is -0.506. The molecule has 5 nitrogen and oxygen atoms in total. The maximum atomic E-state index is 12.0. The summed E-state index contributed by atoms with van der Waals surface area (Å²) >= 11 is 0. The van der Waals surface area contributed by atoms with Gasteiger partial charge in [-0.2, -0.15) is 0 Å². The van der Waals surface area contributed by atoms with E-state index >= 15 is 0 Å². The highest BCUT2D eigenvalue weighted by atomic mass is 16.8. The molecule has 0 saturated heterocycles. The molecule has 32 heavy (non-hydrogen) atoms. The van der Waals surface area contributed by atoms with Gasteiger partial charge in [0.2, 0.25) is 5.91 Å². The van der Waals surface area contributed by atoms with Gasteiger partial charge in [-0.1, -0.05) is 135 Å². The van der Waals surface area contributed by atoms with Crippen LogP contribution in [0.15, 0.2) is 0 Å². The highest BCUT2D eigenvalue weighted by Crippen LogP contribution is 2.15. The van der Waals surface area contributed by atoms with E-state index in [1.807, 2.05) is 6.92 Å². The first kappa shape index (κ1) is 31.4. The smallest absolute Gasteiger partial charge is 0.220 e. The van der Waals surface area contributed by atoms with Crippen molar-refractivity contribution in [2.45, 2.75) is 168 Å². The Morgan fingerprint density at radius 3 is 1.31 bits per heavy atom. The van der Waals surface area contributed by atoms with Crippen LogP contribution < -0.4 is 5.32 Å². The van der Waals surface area contributed by atoms with Crippen LogP contribution in [-0.2, 0) is 4.79 Å². The minimum Gasteiger partial charge on any atom is -0.352 e. The summed E-state index contributed by atoms with van der Waals surface area (Å²) in [6.45, 7) is 5.90. The van der Waals surface area contributed by atoms with Crippen molar-refractivity contribution in [1.82, 2.24) is 10.5 Å². The molecule has 0 radical (unpaired) electrons. The first-order valence-electron chi connectivity index (χ1n) is 14.0. The van der Waals surface area contributed by atoms with Crippen LogP contribution in [-0.4, -0.2) is 33.6 Å². The number of nitrogens with one attached hydrogen (secondary N) is 1. The van der Waals surface area contributed by atoms with Crippen LogP contribution in [0.5, 0.6) is 0 Å². The molecule has 0 aliphatic heterocycles. The Balaban J connectivity index is 3.32. The van der Waals surface area contributed by atoms with Crippen LogP contribution in [0.3, 0.4) is 0 Å². The average Bonchev–Trinajstić information content (AvgIpc) is 2.78. The third kappa shape index (κ3) is 20.0. The summed E-state index contributed by atoms with van der Waals surface area (Å²) in [6, 6.07) is -0.744. The molecular weight excluding hydrogens is 400 g/mol. The van der Waals surface area contributed by atoms with Crippen LogP contribution in [0.2, 0.25) is 0 Å². The summed E-state index contributed by atoms with van der Waals surface area (Å²) in [4.78, 5) is 12.0. The van der Waals surface area contributed by atoms with E-state index in [1.165, 1.54) is 109 Å². The third-order valence-electron chi connectivity index (χ3n) is 6.74. The molecule has 0 aromatic carbocycles. The molecule has 0 heterocycles. The van der Waals surface area contributed by atoms with Crippen LogP contribution >= 0.6 is 0 Å². The van der Waals surface area contributed by atoms with Crippen molar-refractivity contribution in [2.75, 3.05) is 0 Å². The average molecular weight is 457 g/mol. The first-order valence-corrected chi connectivity index (χ1v) is 14.0. The number of amides is 1. The summed E-state index contributed by atoms with van der Waals surface area (Å²) in [5, 5.41) is 21.3. The number of hydrogen-bond acceptors (Lipinski definition) is 4. The number of hydrogen-bond donors (Lipinski definition) is 3.